The van der Waals surface area contributed by atoms with Crippen molar-refractivity contribution in [1.29, 1.82) is 0 Å². The van der Waals surface area contributed by atoms with Crippen LogP contribution >= 0.6 is 23.1 Å². The number of thioether (sulfide) groups is 1. The highest BCUT2D eigenvalue weighted by molar-refractivity contribution is 8.00. The Morgan fingerprint density at radius 3 is 2.58 bits per heavy atom. The van der Waals surface area contributed by atoms with E-state index in [4.69, 9.17) is 9.57 Å². The summed E-state index contributed by atoms with van der Waals surface area (Å²) in [5.74, 6) is -0.0621. The number of benzene rings is 1. The molecule has 4 rings (SSSR count). The molecule has 0 atom stereocenters. The fourth-order valence-electron chi connectivity index (χ4n) is 3.63. The Balaban J connectivity index is 1.24. The normalized spacial score (nSPS) is 17.4. The van der Waals surface area contributed by atoms with Gasteiger partial charge in [0.2, 0.25) is 5.90 Å². The number of carbonyl (C=O) groups excluding carboxylic acids is 2. The van der Waals surface area contributed by atoms with Gasteiger partial charge in [0.05, 0.1) is 13.0 Å². The summed E-state index contributed by atoms with van der Waals surface area (Å²) < 4.78 is 42.6. The van der Waals surface area contributed by atoms with Crippen LogP contribution in [0.1, 0.15) is 34.5 Å². The van der Waals surface area contributed by atoms with Gasteiger partial charge in [-0.15, -0.1) is 11.3 Å². The number of rotatable bonds is 4. The SMILES string of the molecule is O=C(NCc1cccs1)OC1=NOC2(CCN(C(=O)c3ccc(SC(F)(F)F)cc3)CC2)C1. The Bertz CT molecular complexity index is 1020. The molecule has 176 valence electrons. The van der Waals surface area contributed by atoms with Gasteiger partial charge in [0.15, 0.2) is 0 Å². The summed E-state index contributed by atoms with van der Waals surface area (Å²) in [4.78, 5) is 32.9. The van der Waals surface area contributed by atoms with E-state index in [0.717, 1.165) is 4.88 Å². The number of piperidine rings is 1. The van der Waals surface area contributed by atoms with Crippen molar-refractivity contribution < 1.29 is 32.3 Å². The molecule has 1 fully saturated rings. The number of nitrogens with zero attached hydrogens (tertiary/aromatic N) is 2. The van der Waals surface area contributed by atoms with Crippen molar-refractivity contribution in [2.75, 3.05) is 13.1 Å². The van der Waals surface area contributed by atoms with Crippen LogP contribution in [0, 0.1) is 0 Å². The minimum absolute atomic E-state index is 0.0279. The number of hydrogen-bond donors (Lipinski definition) is 1. The molecule has 2 aromatic rings. The fraction of sp³-hybridized carbons (Fsp3) is 0.381. The van der Waals surface area contributed by atoms with Crippen LogP contribution in [0.15, 0.2) is 51.8 Å². The largest absolute Gasteiger partial charge is 0.446 e. The maximum Gasteiger partial charge on any atom is 0.446 e. The van der Waals surface area contributed by atoms with Crippen LogP contribution < -0.4 is 5.32 Å². The second-order valence-electron chi connectivity index (χ2n) is 7.62. The van der Waals surface area contributed by atoms with Crippen LogP contribution in [0.5, 0.6) is 0 Å². The summed E-state index contributed by atoms with van der Waals surface area (Å²) in [6.07, 6.45) is 0.703. The average Bonchev–Trinajstić information content (AvgIpc) is 3.42. The lowest BCUT2D eigenvalue weighted by atomic mass is 9.88. The molecule has 0 aliphatic carbocycles. The van der Waals surface area contributed by atoms with Gasteiger partial charge in [-0.2, -0.15) is 13.2 Å². The highest BCUT2D eigenvalue weighted by Gasteiger charge is 2.44. The zero-order valence-electron chi connectivity index (χ0n) is 17.3. The first-order valence-electron chi connectivity index (χ1n) is 10.1. The zero-order valence-corrected chi connectivity index (χ0v) is 18.9. The third-order valence-corrected chi connectivity index (χ3v) is 6.92. The lowest BCUT2D eigenvalue weighted by molar-refractivity contribution is -0.0568. The van der Waals surface area contributed by atoms with E-state index in [1.54, 1.807) is 4.90 Å². The molecular formula is C21H20F3N3O4S2. The van der Waals surface area contributed by atoms with Gasteiger partial charge in [0, 0.05) is 41.3 Å². The topological polar surface area (TPSA) is 80.2 Å². The maximum absolute atomic E-state index is 12.7. The molecule has 7 nitrogen and oxygen atoms in total. The summed E-state index contributed by atoms with van der Waals surface area (Å²) in [5.41, 5.74) is -4.68. The maximum atomic E-state index is 12.7. The number of likely N-dealkylation sites (tertiary alicyclic amines) is 1. The van der Waals surface area contributed by atoms with Crippen molar-refractivity contribution in [1.82, 2.24) is 10.2 Å². The fourth-order valence-corrected chi connectivity index (χ4v) is 4.81. The molecule has 1 aromatic carbocycles. The Morgan fingerprint density at radius 2 is 1.94 bits per heavy atom. The number of halogens is 3. The van der Waals surface area contributed by atoms with Crippen molar-refractivity contribution in [2.45, 2.75) is 41.8 Å². The Labute approximate surface area is 195 Å². The van der Waals surface area contributed by atoms with Crippen molar-refractivity contribution in [3.05, 3.63) is 52.2 Å². The van der Waals surface area contributed by atoms with Gasteiger partial charge in [-0.3, -0.25) is 4.79 Å². The van der Waals surface area contributed by atoms with E-state index in [1.807, 2.05) is 17.5 Å². The van der Waals surface area contributed by atoms with E-state index >= 15 is 0 Å². The number of oxime groups is 1. The minimum atomic E-state index is -4.37. The Kier molecular flexibility index (Phi) is 6.84. The number of thiophene rings is 1. The van der Waals surface area contributed by atoms with Crippen LogP contribution in [-0.2, 0) is 16.1 Å². The monoisotopic (exact) mass is 499 g/mol. The summed E-state index contributed by atoms with van der Waals surface area (Å²) >= 11 is 1.31. The zero-order chi connectivity index (χ0) is 23.5. The number of alkyl halides is 3. The van der Waals surface area contributed by atoms with Gasteiger partial charge in [-0.1, -0.05) is 11.2 Å². The molecule has 3 heterocycles. The Morgan fingerprint density at radius 1 is 1.21 bits per heavy atom. The van der Waals surface area contributed by atoms with Gasteiger partial charge >= 0.3 is 11.6 Å². The Hall–Kier alpha value is -2.73. The highest BCUT2D eigenvalue weighted by Crippen LogP contribution is 2.37. The molecule has 12 heteroatoms. The number of ether oxygens (including phenoxy) is 1. The molecule has 2 aliphatic rings. The van der Waals surface area contributed by atoms with Crippen molar-refractivity contribution in [3.8, 4) is 0 Å². The van der Waals surface area contributed by atoms with E-state index in [2.05, 4.69) is 10.5 Å². The smallest absolute Gasteiger partial charge is 0.392 e. The predicted octanol–water partition coefficient (Wildman–Crippen LogP) is 5.00. The number of hydrogen-bond acceptors (Lipinski definition) is 7. The third-order valence-electron chi connectivity index (χ3n) is 5.31. The van der Waals surface area contributed by atoms with Crippen LogP contribution in [0.25, 0.3) is 0 Å². The summed E-state index contributed by atoms with van der Waals surface area (Å²) in [6, 6.07) is 9.18. The van der Waals surface area contributed by atoms with Gasteiger partial charge < -0.3 is 19.8 Å². The van der Waals surface area contributed by atoms with Crippen LogP contribution in [0.4, 0.5) is 18.0 Å². The minimum Gasteiger partial charge on any atom is -0.392 e. The van der Waals surface area contributed by atoms with Gasteiger partial charge in [0.25, 0.3) is 5.91 Å². The first-order valence-corrected chi connectivity index (χ1v) is 11.8. The first kappa shape index (κ1) is 23.4. The number of carbonyl (C=O) groups is 2. The van der Waals surface area contributed by atoms with Crippen molar-refractivity contribution in [2.24, 2.45) is 5.16 Å². The van der Waals surface area contributed by atoms with Gasteiger partial charge in [0.1, 0.15) is 5.60 Å². The number of nitrogens with one attached hydrogen (secondary N) is 1. The molecular weight excluding hydrogens is 479 g/mol. The van der Waals surface area contributed by atoms with E-state index < -0.39 is 17.2 Å². The predicted molar refractivity (Wildman–Crippen MR) is 117 cm³/mol. The van der Waals surface area contributed by atoms with Crippen LogP contribution in [0.2, 0.25) is 0 Å². The second-order valence-corrected chi connectivity index (χ2v) is 9.79. The molecule has 33 heavy (non-hydrogen) atoms. The van der Waals surface area contributed by atoms with Crippen LogP contribution in [-0.4, -0.2) is 47.0 Å². The number of alkyl carbamates (subject to hydrolysis) is 1. The first-order chi connectivity index (χ1) is 15.7. The van der Waals surface area contributed by atoms with Crippen molar-refractivity contribution in [3.63, 3.8) is 0 Å². The lowest BCUT2D eigenvalue weighted by Gasteiger charge is -2.37. The third kappa shape index (κ3) is 6.20. The van der Waals surface area contributed by atoms with Gasteiger partial charge in [-0.25, -0.2) is 4.79 Å². The molecule has 0 radical (unpaired) electrons. The molecule has 0 saturated carbocycles. The summed E-state index contributed by atoms with van der Waals surface area (Å²) in [5, 5.41) is 8.48. The molecule has 1 aromatic heterocycles. The number of amides is 2. The second kappa shape index (κ2) is 9.64. The standard InChI is InChI=1S/C21H20F3N3O4S2/c22-21(23,24)33-15-5-3-14(4-6-15)18(28)27-9-7-20(8-10-27)12-17(26-31-20)30-19(29)25-13-16-2-1-11-32-16/h1-6,11H,7-10,12-13H2,(H,25,29). The molecule has 0 unspecified atom stereocenters. The van der Waals surface area contributed by atoms with Crippen molar-refractivity contribution >= 4 is 41.0 Å². The summed E-state index contributed by atoms with van der Waals surface area (Å²) in [7, 11) is 0. The summed E-state index contributed by atoms with van der Waals surface area (Å²) in [6.45, 7) is 1.15. The average molecular weight is 500 g/mol. The molecule has 1 N–H and O–H groups in total. The molecule has 1 saturated heterocycles. The highest BCUT2D eigenvalue weighted by atomic mass is 32.2. The van der Waals surface area contributed by atoms with E-state index in [0.29, 0.717) is 44.5 Å². The molecule has 2 aliphatic heterocycles. The van der Waals surface area contributed by atoms with Gasteiger partial charge in [-0.05, 0) is 47.5 Å². The molecule has 1 spiro atoms. The van der Waals surface area contributed by atoms with E-state index in [1.165, 1.54) is 35.6 Å². The quantitative estimate of drug-likeness (QED) is 0.600. The van der Waals surface area contributed by atoms with E-state index in [-0.39, 0.29) is 28.5 Å². The lowest BCUT2D eigenvalue weighted by Crippen LogP contribution is -2.47. The van der Waals surface area contributed by atoms with E-state index in [9.17, 15) is 22.8 Å². The molecule has 2 amide bonds. The molecule has 0 bridgehead atoms. The van der Waals surface area contributed by atoms with Crippen LogP contribution in [0.3, 0.4) is 0 Å².